The normalized spacial score (nSPS) is 16.2. The van der Waals surface area contributed by atoms with Gasteiger partial charge in [-0.05, 0) is 72.7 Å². The first kappa shape index (κ1) is 21.0. The maximum Gasteiger partial charge on any atom is 0.511 e. The molecule has 1 aromatic heterocycles. The third-order valence-corrected chi connectivity index (χ3v) is 5.87. The lowest BCUT2D eigenvalue weighted by Crippen LogP contribution is -2.32. The summed E-state index contributed by atoms with van der Waals surface area (Å²) >= 11 is 0. The first-order valence-corrected chi connectivity index (χ1v) is 10.7. The number of ether oxygens (including phenoxy) is 2. The standard InChI is InChI=1S/C25H28N2O4/c1-30-21-8-6-17(7-9-21)18-12-13-26-20(14-18)5-3-2-4-19-16-27-24-11-10-22(15-23(19)24)31-25(28)29/h6-12,15-16,20,26-27H,2-5,13-14H2,1H3,(H,28,29). The lowest BCUT2D eigenvalue weighted by atomic mass is 9.92. The Morgan fingerprint density at radius 3 is 2.71 bits per heavy atom. The zero-order chi connectivity index (χ0) is 21.6. The van der Waals surface area contributed by atoms with Crippen molar-refractivity contribution in [2.45, 2.75) is 38.1 Å². The van der Waals surface area contributed by atoms with E-state index in [-0.39, 0.29) is 0 Å². The summed E-state index contributed by atoms with van der Waals surface area (Å²) in [5, 5.41) is 13.5. The minimum Gasteiger partial charge on any atom is -0.497 e. The number of rotatable bonds is 8. The van der Waals surface area contributed by atoms with E-state index in [0.717, 1.165) is 55.3 Å². The quantitative estimate of drug-likeness (QED) is 0.258. The van der Waals surface area contributed by atoms with Crippen molar-refractivity contribution in [1.82, 2.24) is 10.3 Å². The molecule has 1 unspecified atom stereocenters. The molecule has 0 spiro atoms. The Morgan fingerprint density at radius 2 is 1.94 bits per heavy atom. The number of hydrogen-bond acceptors (Lipinski definition) is 4. The second-order valence-corrected chi connectivity index (χ2v) is 7.90. The minimum absolute atomic E-state index is 0.352. The number of carboxylic acid groups (broad SMARTS) is 1. The van der Waals surface area contributed by atoms with Gasteiger partial charge in [0.1, 0.15) is 11.5 Å². The number of aryl methyl sites for hydroxylation is 1. The molecule has 1 atom stereocenters. The van der Waals surface area contributed by atoms with Crippen LogP contribution in [0.3, 0.4) is 0 Å². The van der Waals surface area contributed by atoms with Crippen molar-refractivity contribution in [3.8, 4) is 11.5 Å². The highest BCUT2D eigenvalue weighted by Crippen LogP contribution is 2.28. The van der Waals surface area contributed by atoms with E-state index < -0.39 is 6.16 Å². The predicted molar refractivity (Wildman–Crippen MR) is 122 cm³/mol. The second kappa shape index (κ2) is 9.71. The number of fused-ring (bicyclic) bond motifs is 1. The highest BCUT2D eigenvalue weighted by atomic mass is 16.7. The smallest absolute Gasteiger partial charge is 0.497 e. The van der Waals surface area contributed by atoms with Gasteiger partial charge in [0.2, 0.25) is 0 Å². The lowest BCUT2D eigenvalue weighted by molar-refractivity contribution is 0.144. The van der Waals surface area contributed by atoms with Crippen LogP contribution in [0.25, 0.3) is 16.5 Å². The molecule has 1 aliphatic heterocycles. The molecule has 0 radical (unpaired) electrons. The number of nitrogens with one attached hydrogen (secondary N) is 2. The zero-order valence-corrected chi connectivity index (χ0v) is 17.7. The van der Waals surface area contributed by atoms with Gasteiger partial charge in [-0.2, -0.15) is 0 Å². The molecule has 6 heteroatoms. The molecule has 0 saturated carbocycles. The first-order valence-electron chi connectivity index (χ1n) is 10.7. The summed E-state index contributed by atoms with van der Waals surface area (Å²) in [5.41, 5.74) is 4.86. The number of H-pyrrole nitrogens is 1. The Hall–Kier alpha value is -3.25. The van der Waals surface area contributed by atoms with Crippen molar-refractivity contribution >= 4 is 22.6 Å². The minimum atomic E-state index is -1.29. The monoisotopic (exact) mass is 420 g/mol. The molecule has 0 amide bonds. The Bertz CT molecular complexity index is 1070. The summed E-state index contributed by atoms with van der Waals surface area (Å²) in [6.45, 7) is 0.904. The molecule has 6 nitrogen and oxygen atoms in total. The van der Waals surface area contributed by atoms with Crippen LogP contribution in [0.4, 0.5) is 4.79 Å². The topological polar surface area (TPSA) is 83.6 Å². The molecule has 3 N–H and O–H groups in total. The van der Waals surface area contributed by atoms with Gasteiger partial charge in [0.05, 0.1) is 7.11 Å². The molecule has 2 aromatic carbocycles. The number of methoxy groups -OCH3 is 1. The fourth-order valence-electron chi connectivity index (χ4n) is 4.25. The van der Waals surface area contributed by atoms with Gasteiger partial charge in [0.25, 0.3) is 0 Å². The van der Waals surface area contributed by atoms with Crippen LogP contribution in [0.1, 0.15) is 36.8 Å². The van der Waals surface area contributed by atoms with E-state index >= 15 is 0 Å². The van der Waals surface area contributed by atoms with Crippen LogP contribution < -0.4 is 14.8 Å². The van der Waals surface area contributed by atoms with Crippen molar-refractivity contribution in [3.63, 3.8) is 0 Å². The summed E-state index contributed by atoms with van der Waals surface area (Å²) in [6, 6.07) is 14.1. The maximum absolute atomic E-state index is 10.8. The summed E-state index contributed by atoms with van der Waals surface area (Å²) in [5.74, 6) is 1.24. The highest BCUT2D eigenvalue weighted by Gasteiger charge is 2.16. The number of hydrogen-bond donors (Lipinski definition) is 3. The van der Waals surface area contributed by atoms with E-state index in [1.54, 1.807) is 19.2 Å². The maximum atomic E-state index is 10.8. The molecule has 0 saturated heterocycles. The Labute approximate surface area is 181 Å². The predicted octanol–water partition coefficient (Wildman–Crippen LogP) is 5.39. The van der Waals surface area contributed by atoms with E-state index in [9.17, 15) is 4.79 Å². The van der Waals surface area contributed by atoms with Crippen LogP contribution in [-0.2, 0) is 6.42 Å². The summed E-state index contributed by atoms with van der Waals surface area (Å²) in [4.78, 5) is 14.0. The number of aromatic amines is 1. The molecule has 0 bridgehead atoms. The van der Waals surface area contributed by atoms with Crippen LogP contribution in [0, 0.1) is 0 Å². The van der Waals surface area contributed by atoms with E-state index in [1.165, 1.54) is 16.7 Å². The van der Waals surface area contributed by atoms with Gasteiger partial charge in [-0.25, -0.2) is 4.79 Å². The molecular formula is C25H28N2O4. The van der Waals surface area contributed by atoms with Crippen LogP contribution in [0.5, 0.6) is 11.5 Å². The van der Waals surface area contributed by atoms with Crippen LogP contribution >= 0.6 is 0 Å². The molecule has 1 aliphatic rings. The second-order valence-electron chi connectivity index (χ2n) is 7.90. The fraction of sp³-hybridized carbons (Fsp3) is 0.320. The van der Waals surface area contributed by atoms with E-state index in [0.29, 0.717) is 11.8 Å². The van der Waals surface area contributed by atoms with Crippen molar-refractivity contribution in [2.75, 3.05) is 13.7 Å². The molecule has 0 fully saturated rings. The third kappa shape index (κ3) is 5.27. The number of carbonyl (C=O) groups is 1. The van der Waals surface area contributed by atoms with Crippen LogP contribution in [-0.4, -0.2) is 35.9 Å². The van der Waals surface area contributed by atoms with Gasteiger partial charge in [0, 0.05) is 29.7 Å². The SMILES string of the molecule is COc1ccc(C2=CCNC(CCCCc3c[nH]c4ccc(OC(=O)O)cc34)C2)cc1. The van der Waals surface area contributed by atoms with Gasteiger partial charge in [0.15, 0.2) is 0 Å². The molecule has 2 heterocycles. The molecule has 0 aliphatic carbocycles. The van der Waals surface area contributed by atoms with Crippen molar-refractivity contribution in [1.29, 1.82) is 0 Å². The summed E-state index contributed by atoms with van der Waals surface area (Å²) < 4.78 is 10.1. The highest BCUT2D eigenvalue weighted by molar-refractivity contribution is 5.85. The zero-order valence-electron chi connectivity index (χ0n) is 17.7. The average Bonchev–Trinajstić information content (AvgIpc) is 3.19. The first-order chi connectivity index (χ1) is 15.1. The van der Waals surface area contributed by atoms with Crippen molar-refractivity contribution in [3.05, 3.63) is 65.9 Å². The van der Waals surface area contributed by atoms with Gasteiger partial charge >= 0.3 is 6.16 Å². The third-order valence-electron chi connectivity index (χ3n) is 5.87. The molecule has 3 aromatic rings. The molecule has 162 valence electrons. The van der Waals surface area contributed by atoms with Gasteiger partial charge in [-0.15, -0.1) is 0 Å². The molecule has 4 rings (SSSR count). The number of aromatic nitrogens is 1. The number of benzene rings is 2. The Balaban J connectivity index is 1.29. The lowest BCUT2D eigenvalue weighted by Gasteiger charge is -2.24. The number of unbranched alkanes of at least 4 members (excludes halogenated alkanes) is 1. The summed E-state index contributed by atoms with van der Waals surface area (Å²) in [6.07, 6.45) is 8.32. The summed E-state index contributed by atoms with van der Waals surface area (Å²) in [7, 11) is 1.69. The Morgan fingerprint density at radius 1 is 1.13 bits per heavy atom. The Kier molecular flexibility index (Phi) is 6.57. The molecule has 31 heavy (non-hydrogen) atoms. The van der Waals surface area contributed by atoms with Gasteiger partial charge in [-0.3, -0.25) is 0 Å². The van der Waals surface area contributed by atoms with E-state index in [4.69, 9.17) is 14.6 Å². The van der Waals surface area contributed by atoms with Gasteiger partial charge < -0.3 is 24.9 Å². The van der Waals surface area contributed by atoms with Crippen LogP contribution in [0.15, 0.2) is 54.7 Å². The largest absolute Gasteiger partial charge is 0.511 e. The van der Waals surface area contributed by atoms with E-state index in [2.05, 4.69) is 28.5 Å². The van der Waals surface area contributed by atoms with Crippen molar-refractivity contribution in [2.24, 2.45) is 0 Å². The molecular weight excluding hydrogens is 392 g/mol. The fourth-order valence-corrected chi connectivity index (χ4v) is 4.25. The average molecular weight is 421 g/mol. The van der Waals surface area contributed by atoms with Gasteiger partial charge in [-0.1, -0.05) is 24.6 Å². The van der Waals surface area contributed by atoms with Crippen molar-refractivity contribution < 1.29 is 19.4 Å². The van der Waals surface area contributed by atoms with Crippen LogP contribution in [0.2, 0.25) is 0 Å². The van der Waals surface area contributed by atoms with E-state index in [1.807, 2.05) is 24.4 Å².